The minimum absolute atomic E-state index is 0.0200. The second-order valence-corrected chi connectivity index (χ2v) is 7.05. The summed E-state index contributed by atoms with van der Waals surface area (Å²) in [6.07, 6.45) is 0.591. The second-order valence-electron chi connectivity index (χ2n) is 6.61. The fourth-order valence-corrected chi connectivity index (χ4v) is 3.77. The van der Waals surface area contributed by atoms with Crippen LogP contribution in [0.3, 0.4) is 0 Å². The lowest BCUT2D eigenvalue weighted by molar-refractivity contribution is 0.0708. The van der Waals surface area contributed by atoms with E-state index in [2.05, 4.69) is 0 Å². The standard InChI is InChI=1S/C21H17ClFNO4/c1-27-10-2-9-24-18(12-3-6-14(23)7-4-12)17-19(25)15-11-13(22)5-8-16(15)28-20(17)21(24)26/h3-8,11,18H,2,9-10H2,1H3. The van der Waals surface area contributed by atoms with Gasteiger partial charge in [-0.2, -0.15) is 0 Å². The molecule has 1 amide bonds. The Morgan fingerprint density at radius 1 is 1.18 bits per heavy atom. The highest BCUT2D eigenvalue weighted by Gasteiger charge is 2.42. The molecule has 1 unspecified atom stereocenters. The van der Waals surface area contributed by atoms with E-state index in [1.807, 2.05) is 0 Å². The normalized spacial score (nSPS) is 16.0. The maximum Gasteiger partial charge on any atom is 0.290 e. The van der Waals surface area contributed by atoms with E-state index in [0.29, 0.717) is 41.1 Å². The van der Waals surface area contributed by atoms with Crippen molar-refractivity contribution in [3.05, 3.63) is 80.4 Å². The molecule has 5 nitrogen and oxygen atoms in total. The van der Waals surface area contributed by atoms with Crippen LogP contribution in [-0.2, 0) is 4.74 Å². The molecule has 0 N–H and O–H groups in total. The number of amides is 1. The topological polar surface area (TPSA) is 59.8 Å². The Bertz CT molecular complexity index is 1110. The third-order valence-electron chi connectivity index (χ3n) is 4.86. The van der Waals surface area contributed by atoms with Gasteiger partial charge in [0.2, 0.25) is 5.76 Å². The molecular formula is C21H17ClFNO4. The average Bonchev–Trinajstić information content (AvgIpc) is 2.96. The number of halogens is 2. The molecule has 1 atom stereocenters. The van der Waals surface area contributed by atoms with Gasteiger partial charge >= 0.3 is 0 Å². The summed E-state index contributed by atoms with van der Waals surface area (Å²) in [7, 11) is 1.58. The van der Waals surface area contributed by atoms with Crippen LogP contribution in [0.4, 0.5) is 4.39 Å². The van der Waals surface area contributed by atoms with E-state index in [4.69, 9.17) is 20.8 Å². The van der Waals surface area contributed by atoms with Crippen LogP contribution < -0.4 is 5.43 Å². The molecular weight excluding hydrogens is 385 g/mol. The van der Waals surface area contributed by atoms with Crippen LogP contribution in [0.2, 0.25) is 5.02 Å². The van der Waals surface area contributed by atoms with Crippen molar-refractivity contribution in [1.29, 1.82) is 0 Å². The number of ether oxygens (including phenoxy) is 1. The van der Waals surface area contributed by atoms with Crippen LogP contribution in [0, 0.1) is 5.82 Å². The molecule has 1 aliphatic rings. The summed E-state index contributed by atoms with van der Waals surface area (Å²) >= 11 is 6.04. The van der Waals surface area contributed by atoms with Crippen molar-refractivity contribution in [1.82, 2.24) is 4.90 Å². The highest BCUT2D eigenvalue weighted by atomic mass is 35.5. The smallest absolute Gasteiger partial charge is 0.290 e. The summed E-state index contributed by atoms with van der Waals surface area (Å²) in [5, 5.41) is 0.712. The second kappa shape index (κ2) is 7.37. The van der Waals surface area contributed by atoms with Crippen molar-refractivity contribution >= 4 is 28.5 Å². The molecule has 0 bridgehead atoms. The number of carbonyl (C=O) groups excluding carboxylic acids is 1. The van der Waals surface area contributed by atoms with Gasteiger partial charge in [-0.3, -0.25) is 9.59 Å². The number of methoxy groups -OCH3 is 1. The van der Waals surface area contributed by atoms with E-state index >= 15 is 0 Å². The van der Waals surface area contributed by atoms with Gasteiger partial charge < -0.3 is 14.1 Å². The Labute approximate surface area is 165 Å². The van der Waals surface area contributed by atoms with E-state index in [1.54, 1.807) is 36.3 Å². The van der Waals surface area contributed by atoms with Gasteiger partial charge in [0.05, 0.1) is 17.0 Å². The van der Waals surface area contributed by atoms with Gasteiger partial charge in [-0.25, -0.2) is 4.39 Å². The van der Waals surface area contributed by atoms with Crippen molar-refractivity contribution in [2.24, 2.45) is 0 Å². The van der Waals surface area contributed by atoms with Crippen LogP contribution in [0.1, 0.15) is 34.1 Å². The zero-order chi connectivity index (χ0) is 19.8. The molecule has 0 saturated heterocycles. The molecule has 0 radical (unpaired) electrons. The molecule has 0 aliphatic carbocycles. The molecule has 3 aromatic rings. The first-order valence-corrected chi connectivity index (χ1v) is 9.20. The predicted octanol–water partition coefficient (Wildman–Crippen LogP) is 4.17. The van der Waals surface area contributed by atoms with Crippen LogP contribution in [0.5, 0.6) is 0 Å². The summed E-state index contributed by atoms with van der Waals surface area (Å²) in [6, 6.07) is 9.83. The van der Waals surface area contributed by atoms with Crippen molar-refractivity contribution in [2.75, 3.05) is 20.3 Å². The first kappa shape index (κ1) is 18.7. The van der Waals surface area contributed by atoms with Crippen molar-refractivity contribution in [2.45, 2.75) is 12.5 Å². The lowest BCUT2D eigenvalue weighted by Gasteiger charge is -2.25. The molecule has 0 saturated carbocycles. The molecule has 1 aromatic heterocycles. The zero-order valence-electron chi connectivity index (χ0n) is 15.1. The maximum atomic E-state index is 13.4. The number of nitrogens with zero attached hydrogens (tertiary/aromatic N) is 1. The molecule has 2 aromatic carbocycles. The monoisotopic (exact) mass is 401 g/mol. The fraction of sp³-hybridized carbons (Fsp3) is 0.238. The number of fused-ring (bicyclic) bond motifs is 2. The molecule has 0 fully saturated rings. The maximum absolute atomic E-state index is 13.4. The quantitative estimate of drug-likeness (QED) is 0.602. The number of hydrogen-bond donors (Lipinski definition) is 0. The Morgan fingerprint density at radius 2 is 1.93 bits per heavy atom. The summed E-state index contributed by atoms with van der Waals surface area (Å²) < 4.78 is 24.3. The summed E-state index contributed by atoms with van der Waals surface area (Å²) in [5.74, 6) is -0.738. The molecule has 144 valence electrons. The van der Waals surface area contributed by atoms with Crippen LogP contribution in [0.25, 0.3) is 11.0 Å². The first-order valence-electron chi connectivity index (χ1n) is 8.83. The van der Waals surface area contributed by atoms with Gasteiger partial charge in [-0.15, -0.1) is 0 Å². The third-order valence-corrected chi connectivity index (χ3v) is 5.10. The molecule has 0 spiro atoms. The lowest BCUT2D eigenvalue weighted by Crippen LogP contribution is -2.31. The largest absolute Gasteiger partial charge is 0.450 e. The van der Waals surface area contributed by atoms with Crippen molar-refractivity contribution in [3.63, 3.8) is 0 Å². The predicted molar refractivity (Wildman–Crippen MR) is 103 cm³/mol. The minimum Gasteiger partial charge on any atom is -0.450 e. The first-order chi connectivity index (χ1) is 13.5. The van der Waals surface area contributed by atoms with Gasteiger partial charge in [0.1, 0.15) is 11.4 Å². The van der Waals surface area contributed by atoms with E-state index in [-0.39, 0.29) is 22.7 Å². The minimum atomic E-state index is -0.653. The van der Waals surface area contributed by atoms with Gasteiger partial charge in [0.25, 0.3) is 5.91 Å². The SMILES string of the molecule is COCCCN1C(=O)c2oc3ccc(Cl)cc3c(=O)c2C1c1ccc(F)cc1. The summed E-state index contributed by atoms with van der Waals surface area (Å²) in [5.41, 5.74) is 0.886. The van der Waals surface area contributed by atoms with E-state index in [9.17, 15) is 14.0 Å². The van der Waals surface area contributed by atoms with Crippen LogP contribution >= 0.6 is 11.6 Å². The average molecular weight is 402 g/mol. The van der Waals surface area contributed by atoms with E-state index < -0.39 is 11.9 Å². The van der Waals surface area contributed by atoms with Crippen LogP contribution in [-0.4, -0.2) is 31.1 Å². The zero-order valence-corrected chi connectivity index (χ0v) is 15.8. The van der Waals surface area contributed by atoms with Crippen LogP contribution in [0.15, 0.2) is 51.7 Å². The van der Waals surface area contributed by atoms with Crippen molar-refractivity contribution < 1.29 is 18.3 Å². The number of rotatable bonds is 5. The molecule has 1 aliphatic heterocycles. The van der Waals surface area contributed by atoms with Gasteiger partial charge in [-0.1, -0.05) is 23.7 Å². The van der Waals surface area contributed by atoms with Gasteiger partial charge in [0.15, 0.2) is 5.43 Å². The Morgan fingerprint density at radius 3 is 2.64 bits per heavy atom. The molecule has 7 heteroatoms. The number of hydrogen-bond acceptors (Lipinski definition) is 4. The third kappa shape index (κ3) is 3.08. The Kier molecular flexibility index (Phi) is 4.91. The number of carbonyl (C=O) groups is 1. The highest BCUT2D eigenvalue weighted by molar-refractivity contribution is 6.31. The summed E-state index contributed by atoms with van der Waals surface area (Å²) in [4.78, 5) is 27.9. The fourth-order valence-electron chi connectivity index (χ4n) is 3.59. The lowest BCUT2D eigenvalue weighted by atomic mass is 9.98. The Hall–Kier alpha value is -2.70. The van der Waals surface area contributed by atoms with Gasteiger partial charge in [-0.05, 0) is 42.3 Å². The van der Waals surface area contributed by atoms with E-state index in [0.717, 1.165) is 0 Å². The molecule has 4 rings (SSSR count). The highest BCUT2D eigenvalue weighted by Crippen LogP contribution is 2.38. The Balaban J connectivity index is 1.92. The summed E-state index contributed by atoms with van der Waals surface area (Å²) in [6.45, 7) is 0.838. The van der Waals surface area contributed by atoms with Gasteiger partial charge in [0, 0.05) is 25.3 Å². The molecule has 28 heavy (non-hydrogen) atoms. The van der Waals surface area contributed by atoms with E-state index in [1.165, 1.54) is 18.2 Å². The van der Waals surface area contributed by atoms with Crippen molar-refractivity contribution in [3.8, 4) is 0 Å². The number of benzene rings is 2. The molecule has 2 heterocycles.